The number of imidazole rings is 1. The van der Waals surface area contributed by atoms with Gasteiger partial charge in [-0.15, -0.1) is 0 Å². The van der Waals surface area contributed by atoms with Gasteiger partial charge in [-0.25, -0.2) is 4.98 Å². The van der Waals surface area contributed by atoms with Crippen molar-refractivity contribution >= 4 is 11.9 Å². The summed E-state index contributed by atoms with van der Waals surface area (Å²) in [5, 5.41) is 12.3. The summed E-state index contributed by atoms with van der Waals surface area (Å²) in [7, 11) is 0. The van der Waals surface area contributed by atoms with E-state index in [1.54, 1.807) is 0 Å². The van der Waals surface area contributed by atoms with E-state index >= 15 is 0 Å². The van der Waals surface area contributed by atoms with Crippen LogP contribution in [0, 0.1) is 17.3 Å². The van der Waals surface area contributed by atoms with Crippen molar-refractivity contribution in [3.8, 4) is 0 Å². The highest BCUT2D eigenvalue weighted by molar-refractivity contribution is 5.92. The highest BCUT2D eigenvalue weighted by Gasteiger charge is 2.46. The summed E-state index contributed by atoms with van der Waals surface area (Å²) < 4.78 is 0. The average molecular weight is 279 g/mol. The van der Waals surface area contributed by atoms with Gasteiger partial charge in [-0.2, -0.15) is 0 Å². The second-order valence-electron chi connectivity index (χ2n) is 6.12. The van der Waals surface area contributed by atoms with E-state index in [-0.39, 0.29) is 29.2 Å². The molecule has 0 aliphatic heterocycles. The Morgan fingerprint density at radius 1 is 1.45 bits per heavy atom. The summed E-state index contributed by atoms with van der Waals surface area (Å²) in [6.45, 7) is 5.93. The molecule has 1 heterocycles. The number of rotatable bonds is 3. The van der Waals surface area contributed by atoms with Crippen molar-refractivity contribution in [3.63, 3.8) is 0 Å². The fourth-order valence-electron chi connectivity index (χ4n) is 3.07. The minimum atomic E-state index is -0.750. The van der Waals surface area contributed by atoms with Crippen LogP contribution in [0.1, 0.15) is 44.1 Å². The van der Waals surface area contributed by atoms with Gasteiger partial charge in [-0.3, -0.25) is 9.59 Å². The number of aromatic amines is 1. The van der Waals surface area contributed by atoms with Crippen LogP contribution in [0.4, 0.5) is 0 Å². The van der Waals surface area contributed by atoms with Crippen molar-refractivity contribution in [1.82, 2.24) is 15.3 Å². The Morgan fingerprint density at radius 2 is 2.15 bits per heavy atom. The zero-order valence-electron chi connectivity index (χ0n) is 12.0. The molecule has 20 heavy (non-hydrogen) atoms. The highest BCUT2D eigenvalue weighted by atomic mass is 16.4. The van der Waals surface area contributed by atoms with Crippen molar-refractivity contribution in [2.75, 3.05) is 0 Å². The van der Waals surface area contributed by atoms with Gasteiger partial charge in [0.1, 0.15) is 5.69 Å². The van der Waals surface area contributed by atoms with Crippen LogP contribution in [0.5, 0.6) is 0 Å². The quantitative estimate of drug-likeness (QED) is 0.784. The van der Waals surface area contributed by atoms with Crippen LogP contribution in [0.2, 0.25) is 0 Å². The van der Waals surface area contributed by atoms with Gasteiger partial charge in [0.15, 0.2) is 0 Å². The molecule has 3 unspecified atom stereocenters. The van der Waals surface area contributed by atoms with Gasteiger partial charge in [0, 0.05) is 6.04 Å². The monoisotopic (exact) mass is 279 g/mol. The van der Waals surface area contributed by atoms with Crippen LogP contribution in [0.15, 0.2) is 12.5 Å². The third kappa shape index (κ3) is 2.55. The van der Waals surface area contributed by atoms with E-state index in [4.69, 9.17) is 0 Å². The SMILES string of the molecule is CC1C(NC(=O)c2cnc[nH]2)CCC(C(=O)O)C1(C)C. The Bertz CT molecular complexity index is 496. The van der Waals surface area contributed by atoms with Crippen molar-refractivity contribution in [2.45, 2.75) is 39.7 Å². The number of aliphatic carboxylic acids is 1. The molecule has 1 aromatic rings. The molecule has 1 fully saturated rings. The van der Waals surface area contributed by atoms with E-state index in [9.17, 15) is 14.7 Å². The van der Waals surface area contributed by atoms with Crippen LogP contribution < -0.4 is 5.32 Å². The van der Waals surface area contributed by atoms with Gasteiger partial charge in [-0.05, 0) is 24.2 Å². The van der Waals surface area contributed by atoms with Crippen LogP contribution in [-0.4, -0.2) is 33.0 Å². The first-order valence-electron chi connectivity index (χ1n) is 6.86. The third-order valence-corrected chi connectivity index (χ3v) is 4.80. The first kappa shape index (κ1) is 14.6. The van der Waals surface area contributed by atoms with E-state index < -0.39 is 5.97 Å². The number of amides is 1. The Hall–Kier alpha value is -1.85. The van der Waals surface area contributed by atoms with Crippen molar-refractivity contribution in [3.05, 3.63) is 18.2 Å². The second-order valence-corrected chi connectivity index (χ2v) is 6.12. The topological polar surface area (TPSA) is 95.1 Å². The van der Waals surface area contributed by atoms with Crippen molar-refractivity contribution < 1.29 is 14.7 Å². The van der Waals surface area contributed by atoms with Gasteiger partial charge in [-0.1, -0.05) is 20.8 Å². The van der Waals surface area contributed by atoms with Crippen LogP contribution in [0.3, 0.4) is 0 Å². The molecule has 0 bridgehead atoms. The van der Waals surface area contributed by atoms with Crippen molar-refractivity contribution in [1.29, 1.82) is 0 Å². The molecule has 110 valence electrons. The number of hydrogen-bond donors (Lipinski definition) is 3. The first-order valence-corrected chi connectivity index (χ1v) is 6.86. The fourth-order valence-corrected chi connectivity index (χ4v) is 3.07. The third-order valence-electron chi connectivity index (χ3n) is 4.80. The number of carbonyl (C=O) groups is 2. The van der Waals surface area contributed by atoms with Crippen LogP contribution in [0.25, 0.3) is 0 Å². The van der Waals surface area contributed by atoms with Gasteiger partial charge in [0.2, 0.25) is 0 Å². The van der Waals surface area contributed by atoms with E-state index in [2.05, 4.69) is 15.3 Å². The second kappa shape index (κ2) is 5.26. The molecular weight excluding hydrogens is 258 g/mol. The maximum absolute atomic E-state index is 12.0. The Morgan fingerprint density at radius 3 is 2.70 bits per heavy atom. The largest absolute Gasteiger partial charge is 0.481 e. The molecule has 0 spiro atoms. The lowest BCUT2D eigenvalue weighted by atomic mass is 9.61. The summed E-state index contributed by atoms with van der Waals surface area (Å²) in [5.41, 5.74) is 0.0751. The van der Waals surface area contributed by atoms with E-state index in [0.29, 0.717) is 18.5 Å². The fraction of sp³-hybridized carbons (Fsp3) is 0.643. The number of carbonyl (C=O) groups excluding carboxylic acids is 1. The molecular formula is C14H21N3O3. The minimum Gasteiger partial charge on any atom is -0.481 e. The Kier molecular flexibility index (Phi) is 3.83. The summed E-state index contributed by atoms with van der Waals surface area (Å²) in [5.74, 6) is -1.22. The maximum atomic E-state index is 12.0. The smallest absolute Gasteiger partial charge is 0.307 e. The molecule has 3 atom stereocenters. The van der Waals surface area contributed by atoms with E-state index in [1.807, 2.05) is 20.8 Å². The lowest BCUT2D eigenvalue weighted by Gasteiger charge is -2.46. The lowest BCUT2D eigenvalue weighted by Crippen LogP contribution is -2.52. The van der Waals surface area contributed by atoms with Gasteiger partial charge in [0.05, 0.1) is 18.4 Å². The number of H-pyrrole nitrogens is 1. The number of aromatic nitrogens is 2. The molecule has 6 nitrogen and oxygen atoms in total. The molecule has 3 N–H and O–H groups in total. The minimum absolute atomic E-state index is 0.0172. The number of hydrogen-bond acceptors (Lipinski definition) is 3. The Balaban J connectivity index is 2.08. The van der Waals surface area contributed by atoms with Gasteiger partial charge >= 0.3 is 5.97 Å². The lowest BCUT2D eigenvalue weighted by molar-refractivity contribution is -0.150. The highest BCUT2D eigenvalue weighted by Crippen LogP contribution is 2.45. The standard InChI is InChI=1S/C14H21N3O3/c1-8-10(17-12(18)11-6-15-7-16-11)5-4-9(13(19)20)14(8,2)3/h6-10H,4-5H2,1-3H3,(H,15,16)(H,17,18)(H,19,20). The molecule has 0 aromatic carbocycles. The Labute approximate surface area is 118 Å². The first-order chi connectivity index (χ1) is 9.34. The number of carboxylic acids is 1. The van der Waals surface area contributed by atoms with E-state index in [0.717, 1.165) is 0 Å². The summed E-state index contributed by atoms with van der Waals surface area (Å²) in [6, 6.07) is -0.0172. The molecule has 1 aliphatic rings. The van der Waals surface area contributed by atoms with Gasteiger partial charge in [0.25, 0.3) is 5.91 Å². The number of nitrogens with zero attached hydrogens (tertiary/aromatic N) is 1. The van der Waals surface area contributed by atoms with Gasteiger partial charge < -0.3 is 15.4 Å². The summed E-state index contributed by atoms with van der Waals surface area (Å²) in [4.78, 5) is 30.0. The molecule has 0 radical (unpaired) electrons. The molecule has 1 aromatic heterocycles. The maximum Gasteiger partial charge on any atom is 0.307 e. The predicted molar refractivity (Wildman–Crippen MR) is 73.1 cm³/mol. The summed E-state index contributed by atoms with van der Waals surface area (Å²) >= 11 is 0. The summed E-state index contributed by atoms with van der Waals surface area (Å²) in [6.07, 6.45) is 4.21. The number of nitrogens with one attached hydrogen (secondary N) is 2. The molecule has 1 aliphatic carbocycles. The average Bonchev–Trinajstić information content (AvgIpc) is 2.88. The normalized spacial score (nSPS) is 28.9. The molecule has 6 heteroatoms. The zero-order chi connectivity index (χ0) is 14.9. The number of carboxylic acid groups (broad SMARTS) is 1. The molecule has 0 saturated heterocycles. The predicted octanol–water partition coefficient (Wildman–Crippen LogP) is 1.66. The molecule has 1 saturated carbocycles. The molecule has 2 rings (SSSR count). The van der Waals surface area contributed by atoms with E-state index in [1.165, 1.54) is 12.5 Å². The van der Waals surface area contributed by atoms with Crippen LogP contribution in [-0.2, 0) is 4.79 Å². The van der Waals surface area contributed by atoms with Crippen molar-refractivity contribution in [2.24, 2.45) is 17.3 Å². The van der Waals surface area contributed by atoms with Crippen LogP contribution >= 0.6 is 0 Å². The molecule has 1 amide bonds. The zero-order valence-corrected chi connectivity index (χ0v) is 12.0.